The second-order valence-corrected chi connectivity index (χ2v) is 6.60. The summed E-state index contributed by atoms with van der Waals surface area (Å²) in [6, 6.07) is 21.7. The van der Waals surface area contributed by atoms with Crippen LogP contribution in [0.3, 0.4) is 0 Å². The molecule has 156 valence electrons. The first-order chi connectivity index (χ1) is 14.9. The molecule has 0 fully saturated rings. The van der Waals surface area contributed by atoms with Crippen molar-refractivity contribution in [1.29, 1.82) is 0 Å². The molecule has 0 heterocycles. The van der Waals surface area contributed by atoms with Crippen LogP contribution in [-0.2, 0) is 9.63 Å². The van der Waals surface area contributed by atoms with Gasteiger partial charge >= 0.3 is 5.97 Å². The Morgan fingerprint density at radius 3 is 1.94 bits per heavy atom. The largest absolute Gasteiger partial charge is 0.345 e. The molecule has 0 amide bonds. The summed E-state index contributed by atoms with van der Waals surface area (Å²) < 4.78 is 0. The summed E-state index contributed by atoms with van der Waals surface area (Å²) in [7, 11) is 1.82. The zero-order valence-electron chi connectivity index (χ0n) is 16.9. The average Bonchev–Trinajstić information content (AvgIpc) is 2.79. The van der Waals surface area contributed by atoms with Crippen LogP contribution in [-0.4, -0.2) is 29.4 Å². The minimum absolute atomic E-state index is 0.0126. The molecular weight excluding hydrogens is 398 g/mol. The molecule has 0 saturated carbocycles. The monoisotopic (exact) mass is 417 g/mol. The first-order valence-corrected chi connectivity index (χ1v) is 9.31. The molecule has 3 rings (SSSR count). The van der Waals surface area contributed by atoms with Crippen LogP contribution in [0, 0.1) is 10.1 Å². The van der Waals surface area contributed by atoms with E-state index in [1.165, 1.54) is 19.1 Å². The lowest BCUT2D eigenvalue weighted by Gasteiger charge is -2.19. The number of ketones is 1. The van der Waals surface area contributed by atoms with Crippen LogP contribution in [0.25, 0.3) is 0 Å². The van der Waals surface area contributed by atoms with E-state index in [0.717, 1.165) is 11.4 Å². The number of hydrogen-bond acceptors (Lipinski definition) is 7. The maximum Gasteiger partial charge on any atom is 0.332 e. The zero-order chi connectivity index (χ0) is 22.4. The second-order valence-electron chi connectivity index (χ2n) is 6.60. The second kappa shape index (κ2) is 9.45. The van der Waals surface area contributed by atoms with Crippen LogP contribution in [0.15, 0.2) is 84.0 Å². The van der Waals surface area contributed by atoms with Crippen LogP contribution >= 0.6 is 0 Å². The van der Waals surface area contributed by atoms with E-state index in [4.69, 9.17) is 4.84 Å². The van der Waals surface area contributed by atoms with Crippen LogP contribution in [0.4, 0.5) is 17.1 Å². The summed E-state index contributed by atoms with van der Waals surface area (Å²) >= 11 is 0. The molecule has 0 unspecified atom stereocenters. The SMILES string of the molecule is CC(=O)O/N=C(/C(=O)c1ccc(N(C)c2ccc([N+](=O)[O-])cc2)cc1)c1ccccc1. The summed E-state index contributed by atoms with van der Waals surface area (Å²) in [4.78, 5) is 41.1. The number of hydrogen-bond donors (Lipinski definition) is 0. The lowest BCUT2D eigenvalue weighted by atomic mass is 10.0. The molecule has 0 aliphatic rings. The van der Waals surface area contributed by atoms with Crippen molar-refractivity contribution in [2.45, 2.75) is 6.92 Å². The van der Waals surface area contributed by atoms with Gasteiger partial charge in [0.05, 0.1) is 4.92 Å². The van der Waals surface area contributed by atoms with E-state index < -0.39 is 16.7 Å². The van der Waals surface area contributed by atoms with Crippen LogP contribution in [0.1, 0.15) is 22.8 Å². The van der Waals surface area contributed by atoms with Crippen molar-refractivity contribution in [3.05, 3.63) is 100 Å². The quantitative estimate of drug-likeness (QED) is 0.184. The van der Waals surface area contributed by atoms with Crippen molar-refractivity contribution < 1.29 is 19.3 Å². The summed E-state index contributed by atoms with van der Waals surface area (Å²) in [6.45, 7) is 1.21. The number of benzene rings is 3. The van der Waals surface area contributed by atoms with Crippen molar-refractivity contribution in [2.75, 3.05) is 11.9 Å². The van der Waals surface area contributed by atoms with Crippen molar-refractivity contribution in [3.63, 3.8) is 0 Å². The Labute approximate surface area is 178 Å². The third kappa shape index (κ3) is 5.18. The van der Waals surface area contributed by atoms with Gasteiger partial charge in [0.15, 0.2) is 5.71 Å². The highest BCUT2D eigenvalue weighted by atomic mass is 16.7. The van der Waals surface area contributed by atoms with E-state index in [0.29, 0.717) is 11.1 Å². The van der Waals surface area contributed by atoms with Gasteiger partial charge in [-0.1, -0.05) is 35.5 Å². The summed E-state index contributed by atoms with van der Waals surface area (Å²) in [5, 5.41) is 14.6. The Balaban J connectivity index is 1.84. The van der Waals surface area contributed by atoms with Crippen molar-refractivity contribution in [1.82, 2.24) is 0 Å². The Kier molecular flexibility index (Phi) is 6.51. The molecule has 0 N–H and O–H groups in total. The lowest BCUT2D eigenvalue weighted by molar-refractivity contribution is -0.384. The van der Waals surface area contributed by atoms with E-state index in [-0.39, 0.29) is 11.4 Å². The lowest BCUT2D eigenvalue weighted by Crippen LogP contribution is -2.17. The molecule has 8 nitrogen and oxygen atoms in total. The first kappa shape index (κ1) is 21.4. The van der Waals surface area contributed by atoms with E-state index in [1.807, 2.05) is 11.9 Å². The Morgan fingerprint density at radius 1 is 0.871 bits per heavy atom. The highest BCUT2D eigenvalue weighted by Gasteiger charge is 2.18. The molecule has 31 heavy (non-hydrogen) atoms. The highest BCUT2D eigenvalue weighted by Crippen LogP contribution is 2.26. The number of anilines is 2. The van der Waals surface area contributed by atoms with Gasteiger partial charge < -0.3 is 9.74 Å². The molecule has 3 aromatic carbocycles. The predicted molar refractivity (Wildman–Crippen MR) is 117 cm³/mol. The topological polar surface area (TPSA) is 102 Å². The van der Waals surface area contributed by atoms with Crippen LogP contribution in [0.2, 0.25) is 0 Å². The van der Waals surface area contributed by atoms with E-state index in [1.54, 1.807) is 66.7 Å². The summed E-state index contributed by atoms with van der Waals surface area (Å²) in [5.41, 5.74) is 2.47. The minimum atomic E-state index is -0.624. The normalized spacial score (nSPS) is 11.0. The molecule has 0 bridgehead atoms. The number of oxime groups is 1. The fourth-order valence-electron chi connectivity index (χ4n) is 2.85. The standard InChI is InChI=1S/C23H19N3O5/c1-16(27)31-24-22(17-6-4-3-5-7-17)23(28)18-8-10-19(11-9-18)25(2)20-12-14-21(15-13-20)26(29)30/h3-15H,1-2H3/b24-22+. The number of non-ortho nitro benzene ring substituents is 1. The zero-order valence-corrected chi connectivity index (χ0v) is 16.9. The van der Waals surface area contributed by atoms with Crippen molar-refractivity contribution in [2.24, 2.45) is 5.16 Å². The van der Waals surface area contributed by atoms with Gasteiger partial charge in [0.25, 0.3) is 5.69 Å². The number of Topliss-reactive ketones (excluding diaryl/α,β-unsaturated/α-hetero) is 1. The van der Waals surface area contributed by atoms with Gasteiger partial charge in [-0.2, -0.15) is 0 Å². The van der Waals surface area contributed by atoms with E-state index in [2.05, 4.69) is 5.16 Å². The number of nitro benzene ring substituents is 1. The molecule has 8 heteroatoms. The number of nitrogens with zero attached hydrogens (tertiary/aromatic N) is 3. The van der Waals surface area contributed by atoms with Crippen molar-refractivity contribution >= 4 is 34.5 Å². The van der Waals surface area contributed by atoms with E-state index in [9.17, 15) is 19.7 Å². The molecule has 0 spiro atoms. The molecule has 0 aliphatic carbocycles. The van der Waals surface area contributed by atoms with Gasteiger partial charge in [0.1, 0.15) is 0 Å². The molecule has 0 aliphatic heterocycles. The first-order valence-electron chi connectivity index (χ1n) is 9.31. The van der Waals surface area contributed by atoms with Gasteiger partial charge in [-0.3, -0.25) is 14.9 Å². The molecule has 3 aromatic rings. The fraction of sp³-hybridized carbons (Fsp3) is 0.0870. The van der Waals surface area contributed by atoms with Crippen LogP contribution < -0.4 is 4.90 Å². The van der Waals surface area contributed by atoms with Crippen LogP contribution in [0.5, 0.6) is 0 Å². The predicted octanol–water partition coefficient (Wildman–Crippen LogP) is 4.51. The van der Waals surface area contributed by atoms with Gasteiger partial charge in [0.2, 0.25) is 5.78 Å². The number of nitro groups is 1. The average molecular weight is 417 g/mol. The van der Waals surface area contributed by atoms with Crippen molar-refractivity contribution in [3.8, 4) is 0 Å². The number of rotatable bonds is 7. The molecule has 0 atom stereocenters. The third-order valence-corrected chi connectivity index (χ3v) is 4.49. The Bertz CT molecular complexity index is 1120. The molecular formula is C23H19N3O5. The molecule has 0 radical (unpaired) electrons. The third-order valence-electron chi connectivity index (χ3n) is 4.49. The van der Waals surface area contributed by atoms with Gasteiger partial charge in [-0.05, 0) is 36.4 Å². The summed E-state index contributed by atoms with van der Waals surface area (Å²) in [6.07, 6.45) is 0. The van der Waals surface area contributed by atoms with Gasteiger partial charge in [-0.25, -0.2) is 4.79 Å². The smallest absolute Gasteiger partial charge is 0.332 e. The molecule has 0 saturated heterocycles. The highest BCUT2D eigenvalue weighted by molar-refractivity contribution is 6.51. The maximum atomic E-state index is 13.0. The Hall–Kier alpha value is -4.33. The summed E-state index contributed by atoms with van der Waals surface area (Å²) in [5.74, 6) is -1.02. The number of carbonyl (C=O) groups is 2. The van der Waals surface area contributed by atoms with Gasteiger partial charge in [0, 0.05) is 48.6 Å². The number of carbonyl (C=O) groups excluding carboxylic acids is 2. The Morgan fingerprint density at radius 2 is 1.42 bits per heavy atom. The maximum absolute atomic E-state index is 13.0. The van der Waals surface area contributed by atoms with E-state index >= 15 is 0 Å². The minimum Gasteiger partial charge on any atom is -0.345 e. The fourth-order valence-corrected chi connectivity index (χ4v) is 2.85. The molecule has 0 aromatic heterocycles. The van der Waals surface area contributed by atoms with Gasteiger partial charge in [-0.15, -0.1) is 0 Å².